The lowest BCUT2D eigenvalue weighted by atomic mass is 10.0. The Morgan fingerprint density at radius 2 is 2.00 bits per heavy atom. The van der Waals surface area contributed by atoms with Crippen molar-refractivity contribution in [3.8, 4) is 11.1 Å². The van der Waals surface area contributed by atoms with Crippen molar-refractivity contribution in [2.24, 2.45) is 7.05 Å². The molecule has 2 aromatic heterocycles. The Morgan fingerprint density at radius 1 is 1.12 bits per heavy atom. The number of nitrogens with zero attached hydrogens (tertiary/aromatic N) is 7. The summed E-state index contributed by atoms with van der Waals surface area (Å²) in [6.45, 7) is 6.25. The zero-order chi connectivity index (χ0) is 23.4. The predicted octanol–water partition coefficient (Wildman–Crippen LogP) is 2.74. The number of hydrogen-bond acceptors (Lipinski definition) is 6. The molecule has 1 saturated heterocycles. The highest BCUT2D eigenvalue weighted by Gasteiger charge is 2.34. The summed E-state index contributed by atoms with van der Waals surface area (Å²) in [5.74, 6) is 1.10. The maximum absolute atomic E-state index is 12.2. The van der Waals surface area contributed by atoms with Gasteiger partial charge in [-0.1, -0.05) is 6.07 Å². The predicted molar refractivity (Wildman–Crippen MR) is 130 cm³/mol. The number of benzene rings is 1. The summed E-state index contributed by atoms with van der Waals surface area (Å²) in [6, 6.07) is 6.88. The van der Waals surface area contributed by atoms with Gasteiger partial charge in [0.05, 0.1) is 36.8 Å². The summed E-state index contributed by atoms with van der Waals surface area (Å²) in [7, 11) is 4.08. The second kappa shape index (κ2) is 8.16. The first-order chi connectivity index (χ1) is 16.5. The van der Waals surface area contributed by atoms with Gasteiger partial charge in [0, 0.05) is 76.7 Å². The van der Waals surface area contributed by atoms with Crippen molar-refractivity contribution in [3.05, 3.63) is 41.9 Å². The van der Waals surface area contributed by atoms with Gasteiger partial charge in [0.15, 0.2) is 5.82 Å². The standard InChI is InChI=1S/C25H31N7O2/c1-17(33)30-8-6-22-21(15-30)25(27-32(22)20-7-11-34-16-20)31-10-9-28(2)24-12-18(4-5-23(24)31)19-13-26-29(3)14-19/h4-5,12-14,20H,6-11,15-16H2,1-3H3/t20-/m0/s1. The monoisotopic (exact) mass is 461 g/mol. The van der Waals surface area contributed by atoms with Gasteiger partial charge < -0.3 is 19.4 Å². The van der Waals surface area contributed by atoms with E-state index in [4.69, 9.17) is 9.84 Å². The molecule has 3 aliphatic rings. The SMILES string of the molecule is CC(=O)N1CCc2c(c(N3CCN(C)c4cc(-c5cnn(C)c5)ccc43)nn2[C@H]2CCOC2)C1. The number of fused-ring (bicyclic) bond motifs is 2. The van der Waals surface area contributed by atoms with Gasteiger partial charge in [-0.05, 0) is 24.1 Å². The van der Waals surface area contributed by atoms with Gasteiger partial charge in [-0.2, -0.15) is 10.2 Å². The topological polar surface area (TPSA) is 71.7 Å². The van der Waals surface area contributed by atoms with Gasteiger partial charge in [0.1, 0.15) is 0 Å². The summed E-state index contributed by atoms with van der Waals surface area (Å²) in [5.41, 5.74) is 7.03. The number of carbonyl (C=O) groups is 1. The van der Waals surface area contributed by atoms with Crippen molar-refractivity contribution in [3.63, 3.8) is 0 Å². The zero-order valence-electron chi connectivity index (χ0n) is 20.1. The summed E-state index contributed by atoms with van der Waals surface area (Å²) in [5, 5.41) is 9.53. The van der Waals surface area contributed by atoms with E-state index in [1.165, 1.54) is 16.9 Å². The zero-order valence-corrected chi connectivity index (χ0v) is 20.1. The van der Waals surface area contributed by atoms with Crippen LogP contribution in [0.15, 0.2) is 30.6 Å². The van der Waals surface area contributed by atoms with Crippen LogP contribution >= 0.6 is 0 Å². The van der Waals surface area contributed by atoms with E-state index in [0.29, 0.717) is 13.2 Å². The van der Waals surface area contributed by atoms with Crippen LogP contribution in [0.5, 0.6) is 0 Å². The van der Waals surface area contributed by atoms with E-state index in [9.17, 15) is 4.79 Å². The summed E-state index contributed by atoms with van der Waals surface area (Å²) >= 11 is 0. The lowest BCUT2D eigenvalue weighted by molar-refractivity contribution is -0.129. The highest BCUT2D eigenvalue weighted by molar-refractivity contribution is 5.84. The van der Waals surface area contributed by atoms with Crippen LogP contribution in [0, 0.1) is 0 Å². The third-order valence-corrected chi connectivity index (χ3v) is 7.39. The smallest absolute Gasteiger partial charge is 0.219 e. The Bertz CT molecular complexity index is 1240. The average Bonchev–Trinajstić information content (AvgIpc) is 3.59. The number of carbonyl (C=O) groups excluding carboxylic acids is 1. The van der Waals surface area contributed by atoms with E-state index in [-0.39, 0.29) is 11.9 Å². The first kappa shape index (κ1) is 21.2. The largest absolute Gasteiger partial charge is 0.379 e. The molecule has 3 aromatic rings. The second-order valence-electron chi connectivity index (χ2n) is 9.58. The molecule has 9 heteroatoms. The lowest BCUT2D eigenvalue weighted by Crippen LogP contribution is -2.38. The van der Waals surface area contributed by atoms with Gasteiger partial charge in [0.2, 0.25) is 5.91 Å². The van der Waals surface area contributed by atoms with Crippen molar-refractivity contribution in [2.75, 3.05) is 49.7 Å². The first-order valence-corrected chi connectivity index (χ1v) is 12.0. The summed E-state index contributed by atoms with van der Waals surface area (Å²) < 4.78 is 9.73. The molecular formula is C25H31N7O2. The number of rotatable bonds is 3. The molecule has 1 atom stereocenters. The van der Waals surface area contributed by atoms with Crippen LogP contribution in [0.1, 0.15) is 30.6 Å². The molecule has 6 rings (SSSR count). The normalized spacial score (nSPS) is 20.0. The Morgan fingerprint density at radius 3 is 2.74 bits per heavy atom. The molecule has 0 saturated carbocycles. The van der Waals surface area contributed by atoms with Crippen molar-refractivity contribution < 1.29 is 9.53 Å². The molecule has 1 amide bonds. The van der Waals surface area contributed by atoms with Gasteiger partial charge in [-0.3, -0.25) is 14.2 Å². The molecule has 0 spiro atoms. The number of amides is 1. The van der Waals surface area contributed by atoms with Crippen LogP contribution in [0.3, 0.4) is 0 Å². The molecule has 9 nitrogen and oxygen atoms in total. The fourth-order valence-electron chi connectivity index (χ4n) is 5.45. The number of aryl methyl sites for hydroxylation is 1. The van der Waals surface area contributed by atoms with Crippen LogP contribution in [0.25, 0.3) is 11.1 Å². The highest BCUT2D eigenvalue weighted by Crippen LogP contribution is 2.42. The van der Waals surface area contributed by atoms with Crippen molar-refractivity contribution in [2.45, 2.75) is 32.4 Å². The highest BCUT2D eigenvalue weighted by atomic mass is 16.5. The molecule has 34 heavy (non-hydrogen) atoms. The van der Waals surface area contributed by atoms with Gasteiger partial charge in [0.25, 0.3) is 0 Å². The number of likely N-dealkylation sites (N-methyl/N-ethyl adjacent to an activating group) is 1. The Labute approximate surface area is 199 Å². The molecule has 3 aliphatic heterocycles. The molecule has 1 aromatic carbocycles. The fourth-order valence-corrected chi connectivity index (χ4v) is 5.45. The fraction of sp³-hybridized carbons (Fsp3) is 0.480. The molecule has 0 N–H and O–H groups in total. The van der Waals surface area contributed by atoms with Crippen LogP contribution in [0.2, 0.25) is 0 Å². The summed E-state index contributed by atoms with van der Waals surface area (Å²) in [6.07, 6.45) is 5.76. The Balaban J connectivity index is 1.44. The van der Waals surface area contributed by atoms with E-state index in [0.717, 1.165) is 61.7 Å². The second-order valence-corrected chi connectivity index (χ2v) is 9.58. The third-order valence-electron chi connectivity index (χ3n) is 7.39. The summed E-state index contributed by atoms with van der Waals surface area (Å²) in [4.78, 5) is 18.8. The average molecular weight is 462 g/mol. The van der Waals surface area contributed by atoms with E-state index in [1.54, 1.807) is 6.92 Å². The van der Waals surface area contributed by atoms with Crippen LogP contribution in [-0.2, 0) is 29.5 Å². The van der Waals surface area contributed by atoms with Crippen molar-refractivity contribution in [1.82, 2.24) is 24.5 Å². The number of anilines is 3. The molecule has 1 fully saturated rings. The van der Waals surface area contributed by atoms with Gasteiger partial charge >= 0.3 is 0 Å². The Kier molecular flexibility index (Phi) is 5.09. The van der Waals surface area contributed by atoms with E-state index < -0.39 is 0 Å². The van der Waals surface area contributed by atoms with Gasteiger partial charge in [-0.25, -0.2) is 0 Å². The molecule has 178 valence electrons. The minimum Gasteiger partial charge on any atom is -0.379 e. The minimum atomic E-state index is 0.119. The lowest BCUT2D eigenvalue weighted by Gasteiger charge is -2.37. The van der Waals surface area contributed by atoms with Crippen LogP contribution in [-0.4, -0.2) is 70.3 Å². The van der Waals surface area contributed by atoms with Gasteiger partial charge in [-0.15, -0.1) is 0 Å². The quantitative estimate of drug-likeness (QED) is 0.597. The maximum atomic E-state index is 12.2. The minimum absolute atomic E-state index is 0.119. The Hall–Kier alpha value is -3.33. The van der Waals surface area contributed by atoms with E-state index >= 15 is 0 Å². The van der Waals surface area contributed by atoms with E-state index in [1.807, 2.05) is 29.0 Å². The first-order valence-electron chi connectivity index (χ1n) is 12.0. The molecule has 0 radical (unpaired) electrons. The number of aromatic nitrogens is 4. The molecule has 0 unspecified atom stereocenters. The molecule has 0 aliphatic carbocycles. The van der Waals surface area contributed by atoms with E-state index in [2.05, 4.69) is 44.8 Å². The van der Waals surface area contributed by atoms with Crippen LogP contribution in [0.4, 0.5) is 17.2 Å². The number of ether oxygens (including phenoxy) is 1. The van der Waals surface area contributed by atoms with Crippen molar-refractivity contribution >= 4 is 23.1 Å². The van der Waals surface area contributed by atoms with Crippen LogP contribution < -0.4 is 9.80 Å². The maximum Gasteiger partial charge on any atom is 0.219 e. The third kappa shape index (κ3) is 3.46. The molecular weight excluding hydrogens is 430 g/mol. The number of hydrogen-bond donors (Lipinski definition) is 0. The van der Waals surface area contributed by atoms with Crippen molar-refractivity contribution in [1.29, 1.82) is 0 Å². The molecule has 5 heterocycles. The molecule has 0 bridgehead atoms.